The van der Waals surface area contributed by atoms with Gasteiger partial charge >= 0.3 is 0 Å². The zero-order chi connectivity index (χ0) is 11.3. The van der Waals surface area contributed by atoms with Crippen LogP contribution in [0.15, 0.2) is 6.20 Å². The van der Waals surface area contributed by atoms with Crippen LogP contribution in [0.4, 0.5) is 0 Å². The van der Waals surface area contributed by atoms with Gasteiger partial charge in [-0.1, -0.05) is 26.7 Å². The summed E-state index contributed by atoms with van der Waals surface area (Å²) in [4.78, 5) is 0. The van der Waals surface area contributed by atoms with Crippen LogP contribution in [0.5, 0.6) is 0 Å². The van der Waals surface area contributed by atoms with Crippen LogP contribution in [0.1, 0.15) is 44.9 Å². The van der Waals surface area contributed by atoms with Crippen LogP contribution in [0.2, 0.25) is 0 Å². The highest BCUT2D eigenvalue weighted by atomic mass is 15.3. The molecule has 0 unspecified atom stereocenters. The summed E-state index contributed by atoms with van der Waals surface area (Å²) in [6, 6.07) is 0. The van der Waals surface area contributed by atoms with Crippen molar-refractivity contribution >= 4 is 0 Å². The lowest BCUT2D eigenvalue weighted by Gasteiger charge is -2.19. The van der Waals surface area contributed by atoms with Crippen LogP contribution in [0.25, 0.3) is 0 Å². The fourth-order valence-corrected chi connectivity index (χ4v) is 2.01. The van der Waals surface area contributed by atoms with Crippen LogP contribution in [-0.4, -0.2) is 9.78 Å². The first-order valence-corrected chi connectivity index (χ1v) is 5.41. The summed E-state index contributed by atoms with van der Waals surface area (Å²) in [5, 5.41) is 4.56. The molecule has 0 aliphatic heterocycles. The average Bonchev–Trinajstić information content (AvgIpc) is 2.82. The van der Waals surface area contributed by atoms with E-state index in [2.05, 4.69) is 38.0 Å². The second-order valence-corrected chi connectivity index (χ2v) is 5.54. The molecule has 0 radical (unpaired) electrons. The van der Waals surface area contributed by atoms with Gasteiger partial charge in [-0.05, 0) is 12.8 Å². The standard InChI is InChI=1S/C13H18N2/c1-6-13(7-8-13)10-9-15(5)14-11(10)12(2,3)4/h1,9H,7-8H2,2-5H3. The van der Waals surface area contributed by atoms with Crippen molar-refractivity contribution in [1.82, 2.24) is 9.78 Å². The maximum Gasteiger partial charge on any atom is 0.0725 e. The van der Waals surface area contributed by atoms with Gasteiger partial charge in [0.05, 0.1) is 11.1 Å². The Kier molecular flexibility index (Phi) is 1.98. The molecule has 0 spiro atoms. The Bertz CT molecular complexity index is 422. The summed E-state index contributed by atoms with van der Waals surface area (Å²) in [5.74, 6) is 2.94. The van der Waals surface area contributed by atoms with Crippen molar-refractivity contribution in [3.8, 4) is 12.3 Å². The highest BCUT2D eigenvalue weighted by molar-refractivity contribution is 5.44. The van der Waals surface area contributed by atoms with Gasteiger partial charge in [-0.15, -0.1) is 6.42 Å². The first-order valence-electron chi connectivity index (χ1n) is 5.41. The van der Waals surface area contributed by atoms with Gasteiger partial charge in [-0.25, -0.2) is 0 Å². The van der Waals surface area contributed by atoms with E-state index in [1.165, 1.54) is 5.56 Å². The quantitative estimate of drug-likeness (QED) is 0.639. The maximum atomic E-state index is 5.64. The third kappa shape index (κ3) is 1.56. The second kappa shape index (κ2) is 2.88. The van der Waals surface area contributed by atoms with Gasteiger partial charge in [0.1, 0.15) is 0 Å². The van der Waals surface area contributed by atoms with Crippen LogP contribution in [-0.2, 0) is 17.9 Å². The third-order valence-electron chi connectivity index (χ3n) is 3.08. The number of aromatic nitrogens is 2. The summed E-state index contributed by atoms with van der Waals surface area (Å²) in [7, 11) is 1.96. The van der Waals surface area contributed by atoms with Crippen LogP contribution < -0.4 is 0 Å². The lowest BCUT2D eigenvalue weighted by Crippen LogP contribution is -2.18. The zero-order valence-electron chi connectivity index (χ0n) is 9.96. The van der Waals surface area contributed by atoms with E-state index in [9.17, 15) is 0 Å². The van der Waals surface area contributed by atoms with E-state index in [0.29, 0.717) is 0 Å². The highest BCUT2D eigenvalue weighted by Crippen LogP contribution is 2.50. The smallest absolute Gasteiger partial charge is 0.0725 e. The van der Waals surface area contributed by atoms with E-state index in [1.54, 1.807) is 0 Å². The minimum Gasteiger partial charge on any atom is -0.275 e. The normalized spacial score (nSPS) is 18.6. The van der Waals surface area contributed by atoms with E-state index in [-0.39, 0.29) is 10.8 Å². The van der Waals surface area contributed by atoms with Gasteiger partial charge in [-0.2, -0.15) is 5.10 Å². The molecule has 1 aliphatic carbocycles. The van der Waals surface area contributed by atoms with Crippen LogP contribution in [0.3, 0.4) is 0 Å². The molecule has 2 heteroatoms. The topological polar surface area (TPSA) is 17.8 Å². The molecule has 1 fully saturated rings. The van der Waals surface area contributed by atoms with E-state index in [0.717, 1.165) is 18.5 Å². The summed E-state index contributed by atoms with van der Waals surface area (Å²) in [6.07, 6.45) is 9.94. The predicted octanol–water partition coefficient (Wildman–Crippen LogP) is 2.38. The molecule has 0 saturated heterocycles. The Labute approximate surface area is 91.7 Å². The average molecular weight is 202 g/mol. The SMILES string of the molecule is C#CC1(c2cn(C)nc2C(C)(C)C)CC1. The van der Waals surface area contributed by atoms with Crippen molar-refractivity contribution in [2.24, 2.45) is 7.05 Å². The first-order chi connectivity index (χ1) is 6.89. The van der Waals surface area contributed by atoms with Crippen molar-refractivity contribution in [3.63, 3.8) is 0 Å². The van der Waals surface area contributed by atoms with Gasteiger partial charge in [0, 0.05) is 24.2 Å². The first kappa shape index (κ1) is 10.3. The fraction of sp³-hybridized carbons (Fsp3) is 0.615. The van der Waals surface area contributed by atoms with Gasteiger partial charge < -0.3 is 0 Å². The summed E-state index contributed by atoms with van der Waals surface area (Å²) in [6.45, 7) is 6.56. The Morgan fingerprint density at radius 1 is 1.47 bits per heavy atom. The third-order valence-corrected chi connectivity index (χ3v) is 3.08. The zero-order valence-corrected chi connectivity index (χ0v) is 9.96. The van der Waals surface area contributed by atoms with E-state index in [4.69, 9.17) is 6.42 Å². The minimum atomic E-state index is -0.00310. The Morgan fingerprint density at radius 3 is 2.47 bits per heavy atom. The molecule has 0 N–H and O–H groups in total. The van der Waals surface area contributed by atoms with E-state index < -0.39 is 0 Å². The number of hydrogen-bond donors (Lipinski definition) is 0. The number of rotatable bonds is 1. The number of nitrogens with zero attached hydrogens (tertiary/aromatic N) is 2. The molecule has 1 heterocycles. The molecular formula is C13H18N2. The molecule has 0 bridgehead atoms. The summed E-state index contributed by atoms with van der Waals surface area (Å²) < 4.78 is 1.88. The van der Waals surface area contributed by atoms with Crippen molar-refractivity contribution < 1.29 is 0 Å². The summed E-state index contributed by atoms with van der Waals surface area (Å²) >= 11 is 0. The van der Waals surface area contributed by atoms with Crippen molar-refractivity contribution in [2.75, 3.05) is 0 Å². The molecule has 2 rings (SSSR count). The Balaban J connectivity index is 2.54. The molecule has 2 nitrogen and oxygen atoms in total. The lowest BCUT2D eigenvalue weighted by molar-refractivity contribution is 0.545. The Hall–Kier alpha value is -1.23. The van der Waals surface area contributed by atoms with Crippen molar-refractivity contribution in [2.45, 2.75) is 44.4 Å². The van der Waals surface area contributed by atoms with E-state index in [1.807, 2.05) is 11.7 Å². The van der Waals surface area contributed by atoms with Gasteiger partial charge in [0.25, 0.3) is 0 Å². The van der Waals surface area contributed by atoms with Crippen molar-refractivity contribution in [1.29, 1.82) is 0 Å². The molecule has 1 aromatic heterocycles. The molecule has 15 heavy (non-hydrogen) atoms. The number of terminal acetylenes is 1. The van der Waals surface area contributed by atoms with Gasteiger partial charge in [-0.3, -0.25) is 4.68 Å². The van der Waals surface area contributed by atoms with Crippen molar-refractivity contribution in [3.05, 3.63) is 17.5 Å². The predicted molar refractivity (Wildman–Crippen MR) is 61.7 cm³/mol. The number of hydrogen-bond acceptors (Lipinski definition) is 1. The molecule has 0 amide bonds. The van der Waals surface area contributed by atoms with Crippen LogP contribution in [0, 0.1) is 12.3 Å². The molecule has 0 aromatic carbocycles. The molecular weight excluding hydrogens is 184 g/mol. The lowest BCUT2D eigenvalue weighted by atomic mass is 9.84. The number of aryl methyl sites for hydroxylation is 1. The molecule has 80 valence electrons. The molecule has 1 aromatic rings. The van der Waals surface area contributed by atoms with Gasteiger partial charge in [0.15, 0.2) is 0 Å². The summed E-state index contributed by atoms with van der Waals surface area (Å²) in [5.41, 5.74) is 2.49. The molecule has 1 aliphatic rings. The molecule has 0 atom stereocenters. The monoisotopic (exact) mass is 202 g/mol. The highest BCUT2D eigenvalue weighted by Gasteiger charge is 2.46. The largest absolute Gasteiger partial charge is 0.275 e. The van der Waals surface area contributed by atoms with Crippen LogP contribution >= 0.6 is 0 Å². The minimum absolute atomic E-state index is 0.00310. The maximum absolute atomic E-state index is 5.64. The van der Waals surface area contributed by atoms with Gasteiger partial charge in [0.2, 0.25) is 0 Å². The Morgan fingerprint density at radius 2 is 2.07 bits per heavy atom. The van der Waals surface area contributed by atoms with E-state index >= 15 is 0 Å². The molecule has 1 saturated carbocycles. The second-order valence-electron chi connectivity index (χ2n) is 5.54. The fourth-order valence-electron chi connectivity index (χ4n) is 2.01.